The number of aromatic nitrogens is 1. The minimum atomic E-state index is -0.482. The number of nitrogen functional groups attached to an aromatic ring is 1. The van der Waals surface area contributed by atoms with E-state index in [0.717, 1.165) is 16.8 Å². The van der Waals surface area contributed by atoms with Crippen LogP contribution in [-0.4, -0.2) is 10.1 Å². The van der Waals surface area contributed by atoms with Crippen LogP contribution in [0.1, 0.15) is 25.1 Å². The third kappa shape index (κ3) is 2.63. The first kappa shape index (κ1) is 11.6. The number of rotatable bonds is 3. The molecule has 3 N–H and O–H groups in total. The van der Waals surface area contributed by atoms with Crippen LogP contribution in [0.4, 0.5) is 5.69 Å². The number of aliphatic hydroxyl groups excluding tert-OH is 1. The summed E-state index contributed by atoms with van der Waals surface area (Å²) >= 11 is 0. The molecule has 0 radical (unpaired) electrons. The average molecular weight is 228 g/mol. The number of nitrogens with zero attached hydrogens (tertiary/aromatic N) is 1. The summed E-state index contributed by atoms with van der Waals surface area (Å²) in [6, 6.07) is 11.5. The van der Waals surface area contributed by atoms with E-state index in [2.05, 4.69) is 4.98 Å². The predicted octanol–water partition coefficient (Wildman–Crippen LogP) is 2.77. The molecule has 0 saturated heterocycles. The van der Waals surface area contributed by atoms with Crippen molar-refractivity contribution < 1.29 is 5.11 Å². The summed E-state index contributed by atoms with van der Waals surface area (Å²) in [5, 5.41) is 9.65. The zero-order chi connectivity index (χ0) is 12.3. The molecule has 88 valence electrons. The molecule has 0 fully saturated rings. The van der Waals surface area contributed by atoms with Crippen LogP contribution in [0.25, 0.3) is 11.1 Å². The molecule has 17 heavy (non-hydrogen) atoms. The lowest BCUT2D eigenvalue weighted by atomic mass is 10.1. The van der Waals surface area contributed by atoms with E-state index in [1.54, 1.807) is 6.20 Å². The fourth-order valence-corrected chi connectivity index (χ4v) is 1.70. The van der Waals surface area contributed by atoms with Crippen molar-refractivity contribution in [3.8, 4) is 11.1 Å². The van der Waals surface area contributed by atoms with Gasteiger partial charge in [-0.15, -0.1) is 0 Å². The van der Waals surface area contributed by atoms with Crippen LogP contribution in [0, 0.1) is 0 Å². The van der Waals surface area contributed by atoms with Crippen LogP contribution in [0.3, 0.4) is 0 Å². The summed E-state index contributed by atoms with van der Waals surface area (Å²) < 4.78 is 0. The minimum absolute atomic E-state index is 0.482. The van der Waals surface area contributed by atoms with E-state index in [4.69, 9.17) is 5.73 Å². The van der Waals surface area contributed by atoms with Crippen molar-refractivity contribution in [1.82, 2.24) is 4.98 Å². The fraction of sp³-hybridized carbons (Fsp3) is 0.214. The molecule has 0 saturated carbocycles. The summed E-state index contributed by atoms with van der Waals surface area (Å²) in [5.41, 5.74) is 9.22. The molecule has 2 rings (SSSR count). The molecule has 0 amide bonds. The molecule has 0 bridgehead atoms. The lowest BCUT2D eigenvalue weighted by molar-refractivity contribution is 0.169. The Kier molecular flexibility index (Phi) is 3.40. The van der Waals surface area contributed by atoms with Gasteiger partial charge in [0.05, 0.1) is 11.8 Å². The molecule has 1 aromatic heterocycles. The molecule has 1 aromatic carbocycles. The molecule has 1 unspecified atom stereocenters. The molecular weight excluding hydrogens is 212 g/mol. The van der Waals surface area contributed by atoms with Gasteiger partial charge in [0.25, 0.3) is 0 Å². The van der Waals surface area contributed by atoms with Gasteiger partial charge in [-0.1, -0.05) is 25.1 Å². The van der Waals surface area contributed by atoms with Gasteiger partial charge in [-0.25, -0.2) is 0 Å². The number of benzene rings is 1. The van der Waals surface area contributed by atoms with Gasteiger partial charge in [0, 0.05) is 17.4 Å². The van der Waals surface area contributed by atoms with Crippen LogP contribution in [0.5, 0.6) is 0 Å². The van der Waals surface area contributed by atoms with Gasteiger partial charge in [0.1, 0.15) is 0 Å². The highest BCUT2D eigenvalue weighted by Gasteiger charge is 2.06. The van der Waals surface area contributed by atoms with Gasteiger partial charge in [-0.05, 0) is 30.2 Å². The maximum Gasteiger partial charge on any atom is 0.0957 e. The van der Waals surface area contributed by atoms with E-state index in [0.29, 0.717) is 12.1 Å². The molecule has 3 heteroatoms. The van der Waals surface area contributed by atoms with E-state index < -0.39 is 6.10 Å². The van der Waals surface area contributed by atoms with Crippen molar-refractivity contribution in [2.24, 2.45) is 0 Å². The fourth-order valence-electron chi connectivity index (χ4n) is 1.70. The van der Waals surface area contributed by atoms with E-state index in [9.17, 15) is 5.11 Å². The average Bonchev–Trinajstić information content (AvgIpc) is 2.38. The molecule has 0 spiro atoms. The Bertz CT molecular complexity index is 494. The Morgan fingerprint density at radius 2 is 2.06 bits per heavy atom. The lowest BCUT2D eigenvalue weighted by Gasteiger charge is -2.08. The second-order valence-corrected chi connectivity index (χ2v) is 4.02. The number of hydrogen-bond acceptors (Lipinski definition) is 3. The first-order valence-electron chi connectivity index (χ1n) is 5.70. The second kappa shape index (κ2) is 4.97. The summed E-state index contributed by atoms with van der Waals surface area (Å²) in [4.78, 5) is 4.26. The van der Waals surface area contributed by atoms with Gasteiger partial charge >= 0.3 is 0 Å². The van der Waals surface area contributed by atoms with Crippen LogP contribution in [0.15, 0.2) is 42.6 Å². The highest BCUT2D eigenvalue weighted by Crippen LogP contribution is 2.22. The number of nitrogens with two attached hydrogens (primary N) is 1. The number of hydrogen-bond donors (Lipinski definition) is 2. The Hall–Kier alpha value is -1.87. The SMILES string of the molecule is CCC(O)c1ccc(-c2cccc(N)c2)cn1. The highest BCUT2D eigenvalue weighted by molar-refractivity contribution is 5.66. The number of pyridine rings is 1. The van der Waals surface area contributed by atoms with Crippen LogP contribution < -0.4 is 5.73 Å². The third-order valence-corrected chi connectivity index (χ3v) is 2.73. The van der Waals surface area contributed by atoms with Crippen molar-refractivity contribution in [3.63, 3.8) is 0 Å². The Balaban J connectivity index is 2.29. The zero-order valence-corrected chi connectivity index (χ0v) is 9.80. The molecule has 1 heterocycles. The predicted molar refractivity (Wildman–Crippen MR) is 69.3 cm³/mol. The molecule has 0 aliphatic rings. The van der Waals surface area contributed by atoms with Gasteiger partial charge in [-0.3, -0.25) is 4.98 Å². The minimum Gasteiger partial charge on any atom is -0.399 e. The lowest BCUT2D eigenvalue weighted by Crippen LogP contribution is -1.98. The van der Waals surface area contributed by atoms with Crippen LogP contribution >= 0.6 is 0 Å². The summed E-state index contributed by atoms with van der Waals surface area (Å²) in [6.07, 6.45) is 1.96. The van der Waals surface area contributed by atoms with Crippen LogP contribution in [-0.2, 0) is 0 Å². The van der Waals surface area contributed by atoms with Crippen molar-refractivity contribution in [2.45, 2.75) is 19.4 Å². The summed E-state index contributed by atoms with van der Waals surface area (Å²) in [7, 11) is 0. The van der Waals surface area contributed by atoms with Crippen molar-refractivity contribution in [3.05, 3.63) is 48.3 Å². The Morgan fingerprint density at radius 3 is 2.65 bits per heavy atom. The first-order chi connectivity index (χ1) is 8.20. The van der Waals surface area contributed by atoms with E-state index in [1.807, 2.05) is 43.3 Å². The van der Waals surface area contributed by atoms with Crippen LogP contribution in [0.2, 0.25) is 0 Å². The molecule has 0 aliphatic heterocycles. The van der Waals surface area contributed by atoms with Crippen molar-refractivity contribution >= 4 is 5.69 Å². The maximum absolute atomic E-state index is 9.65. The highest BCUT2D eigenvalue weighted by atomic mass is 16.3. The topological polar surface area (TPSA) is 59.1 Å². The largest absolute Gasteiger partial charge is 0.399 e. The van der Waals surface area contributed by atoms with E-state index in [1.165, 1.54) is 0 Å². The standard InChI is InChI=1S/C14H16N2O/c1-2-14(17)13-7-6-11(9-16-13)10-4-3-5-12(15)8-10/h3-9,14,17H,2,15H2,1H3. The normalized spacial score (nSPS) is 12.4. The zero-order valence-electron chi connectivity index (χ0n) is 9.80. The molecule has 2 aromatic rings. The van der Waals surface area contributed by atoms with Gasteiger partial charge in [0.2, 0.25) is 0 Å². The Morgan fingerprint density at radius 1 is 1.24 bits per heavy atom. The first-order valence-corrected chi connectivity index (χ1v) is 5.70. The third-order valence-electron chi connectivity index (χ3n) is 2.73. The second-order valence-electron chi connectivity index (χ2n) is 4.02. The Labute approximate surface area is 101 Å². The summed E-state index contributed by atoms with van der Waals surface area (Å²) in [5.74, 6) is 0. The number of aliphatic hydroxyl groups is 1. The molecule has 1 atom stereocenters. The smallest absolute Gasteiger partial charge is 0.0957 e. The molecule has 0 aliphatic carbocycles. The van der Waals surface area contributed by atoms with E-state index >= 15 is 0 Å². The van der Waals surface area contributed by atoms with Crippen molar-refractivity contribution in [1.29, 1.82) is 0 Å². The van der Waals surface area contributed by atoms with Gasteiger partial charge in [0.15, 0.2) is 0 Å². The molecular formula is C14H16N2O. The molecule has 3 nitrogen and oxygen atoms in total. The van der Waals surface area contributed by atoms with Gasteiger partial charge < -0.3 is 10.8 Å². The van der Waals surface area contributed by atoms with Gasteiger partial charge in [-0.2, -0.15) is 0 Å². The maximum atomic E-state index is 9.65. The number of anilines is 1. The monoisotopic (exact) mass is 228 g/mol. The quantitative estimate of drug-likeness (QED) is 0.794. The van der Waals surface area contributed by atoms with E-state index in [-0.39, 0.29) is 0 Å². The van der Waals surface area contributed by atoms with Crippen molar-refractivity contribution in [2.75, 3.05) is 5.73 Å². The summed E-state index contributed by atoms with van der Waals surface area (Å²) in [6.45, 7) is 1.93.